The van der Waals surface area contributed by atoms with Crippen LogP contribution in [0.25, 0.3) is 0 Å². The zero-order valence-corrected chi connectivity index (χ0v) is 66.9. The Morgan fingerprint density at radius 3 is 1.17 bits per heavy atom. The maximum absolute atomic E-state index is 14.8. The fourth-order valence-corrected chi connectivity index (χ4v) is 12.6. The molecule has 0 aliphatic heterocycles. The van der Waals surface area contributed by atoms with Crippen LogP contribution in [0.1, 0.15) is 143 Å². The number of unbranched alkanes of at least 4 members (excludes halogenated alkanes) is 2. The summed E-state index contributed by atoms with van der Waals surface area (Å²) in [6, 6.07) is -3.22. The first-order valence-electron chi connectivity index (χ1n) is 37.2. The molecule has 0 fully saturated rings. The fraction of sp³-hybridized carbons (Fsp3) is 0.583. The number of primary amides is 1. The maximum atomic E-state index is 14.8. The zero-order valence-electron chi connectivity index (χ0n) is 65.3. The first kappa shape index (κ1) is 100. The van der Waals surface area contributed by atoms with Gasteiger partial charge in [0.15, 0.2) is 5.96 Å². The van der Waals surface area contributed by atoms with Crippen LogP contribution in [0.5, 0.6) is 0 Å². The Bertz CT molecular complexity index is 3620. The molecule has 0 unspecified atom stereocenters. The fourth-order valence-electron chi connectivity index (χ4n) is 10.8. The number of nitrogens with one attached hydrogen (secondary N) is 13. The van der Waals surface area contributed by atoms with Crippen LogP contribution in [0.2, 0.25) is 0 Å². The lowest BCUT2D eigenvalue weighted by molar-refractivity contribution is -0.142. The highest BCUT2D eigenvalue weighted by atomic mass is 32.2. The Kier molecular flexibility index (Phi) is 46.5. The van der Waals surface area contributed by atoms with Crippen molar-refractivity contribution in [1.29, 1.82) is 0 Å². The van der Waals surface area contributed by atoms with Crippen molar-refractivity contribution < 1.29 is 102 Å². The summed E-state index contributed by atoms with van der Waals surface area (Å²) in [6.45, 7) is 8.26. The van der Waals surface area contributed by atoms with E-state index in [-0.39, 0.29) is 113 Å². The van der Waals surface area contributed by atoms with Crippen molar-refractivity contribution in [3.05, 3.63) is 71.8 Å². The van der Waals surface area contributed by atoms with Gasteiger partial charge in [-0.2, -0.15) is 0 Å². The van der Waals surface area contributed by atoms with Crippen LogP contribution in [-0.2, 0) is 94.3 Å². The van der Waals surface area contributed by atoms with Crippen molar-refractivity contribution in [3.8, 4) is 0 Å². The molecule has 2 rings (SSSR count). The molecule has 2 aromatic rings. The third-order valence-electron chi connectivity index (χ3n) is 17.4. The molecule has 640 valence electrons. The first-order chi connectivity index (χ1) is 54.2. The number of nitrogens with two attached hydrogens (primary N) is 6. The Morgan fingerprint density at radius 1 is 0.435 bits per heavy atom. The third kappa shape index (κ3) is 40.7. The highest BCUT2D eigenvalue weighted by Gasteiger charge is 2.39. The van der Waals surface area contributed by atoms with E-state index in [2.05, 4.69) is 74.1 Å². The van der Waals surface area contributed by atoms with Gasteiger partial charge in [0.2, 0.25) is 82.7 Å². The number of thioether (sulfide) groups is 2. The molecule has 0 aliphatic rings. The van der Waals surface area contributed by atoms with E-state index in [9.17, 15) is 102 Å². The second-order valence-corrected chi connectivity index (χ2v) is 30.1. The Balaban J connectivity index is 2.63. The minimum Gasteiger partial charge on any atom is -0.481 e. The van der Waals surface area contributed by atoms with Gasteiger partial charge in [0, 0.05) is 63.0 Å². The number of aliphatic hydroxyl groups excluding tert-OH is 1. The number of carboxylic acids is 3. The number of carbonyl (C=O) groups excluding carboxylic acids is 14. The van der Waals surface area contributed by atoms with Crippen LogP contribution in [0.4, 0.5) is 0 Å². The first-order valence-corrected chi connectivity index (χ1v) is 39.3. The van der Waals surface area contributed by atoms with E-state index < -0.39 is 217 Å². The molecule has 0 bridgehead atoms. The second kappa shape index (κ2) is 53.3. The molecule has 14 amide bonds. The molecule has 0 spiro atoms. The van der Waals surface area contributed by atoms with E-state index in [1.54, 1.807) is 74.5 Å². The summed E-state index contributed by atoms with van der Waals surface area (Å²) in [5, 5.41) is 72.8. The molecule has 0 aromatic heterocycles. The molecule has 2 aromatic carbocycles. The predicted octanol–water partition coefficient (Wildman–Crippen LogP) is -5.64. The summed E-state index contributed by atoms with van der Waals surface area (Å²) in [5.41, 5.74) is 35.5. The summed E-state index contributed by atoms with van der Waals surface area (Å²) in [6.07, 6.45) is -6.19. The number of hydrogen-bond donors (Lipinski definition) is 23. The second-order valence-electron chi connectivity index (χ2n) is 27.5. The lowest BCUT2D eigenvalue weighted by Gasteiger charge is -2.31. The van der Waals surface area contributed by atoms with E-state index in [4.69, 9.17) is 34.4 Å². The summed E-state index contributed by atoms with van der Waals surface area (Å²) in [7, 11) is 0. The van der Waals surface area contributed by atoms with E-state index >= 15 is 0 Å². The lowest BCUT2D eigenvalue weighted by atomic mass is 10.0. The van der Waals surface area contributed by atoms with Crippen molar-refractivity contribution in [3.63, 3.8) is 0 Å². The van der Waals surface area contributed by atoms with Gasteiger partial charge in [0.1, 0.15) is 66.5 Å². The minimum absolute atomic E-state index is 0.00643. The number of amides is 14. The zero-order chi connectivity index (χ0) is 86.5. The van der Waals surface area contributed by atoms with Crippen LogP contribution in [0, 0.1) is 0 Å². The average molecular weight is 1660 g/mol. The number of rotatable bonds is 57. The highest BCUT2D eigenvalue weighted by Crippen LogP contribution is 2.27. The van der Waals surface area contributed by atoms with E-state index in [1.165, 1.54) is 20.8 Å². The molecule has 0 saturated carbocycles. The Hall–Kier alpha value is -10.8. The van der Waals surface area contributed by atoms with Gasteiger partial charge in [-0.1, -0.05) is 60.7 Å². The van der Waals surface area contributed by atoms with Crippen LogP contribution in [-0.4, -0.2) is 247 Å². The molecular formula is C72H114N20O21S2. The van der Waals surface area contributed by atoms with E-state index in [0.717, 1.165) is 30.4 Å². The number of hydrogen-bond acceptors (Lipinski definition) is 24. The van der Waals surface area contributed by atoms with Gasteiger partial charge in [-0.3, -0.25) is 81.7 Å². The van der Waals surface area contributed by atoms with Crippen molar-refractivity contribution in [2.45, 2.75) is 228 Å². The third-order valence-corrected chi connectivity index (χ3v) is 19.6. The van der Waals surface area contributed by atoms with Crippen LogP contribution < -0.4 is 104 Å². The molecule has 13 atom stereocenters. The molecule has 0 saturated heterocycles. The molecule has 0 aliphatic carbocycles. The standard InChI is InChI=1S/C72H114N20O21S2/c1-39(82-69(111)58(76)72(5,6)115-38-81-42(4)95)59(101)83-48(25-28-54(75)96)64(106)89-51(34-43-18-9-7-10-19-43)66(108)86-47(24-17-33-79-71(77)78)62(104)84-45(22-13-15-31-73)60(102)87-49(26-29-55(97)98)63(105)85-46(23-14-16-32-74)61(103)88-50(27-30-56(99)100)65(107)92-57(40(2)93)68(110)90-52(35-44-20-11-8-12-21-44)67(109)91-53(70(112)113)36-114-37-80-41(3)94/h7-12,18-21,39-40,45-53,57-58,93H,13-17,22-38,73-74,76H2,1-6H3,(H2,75,96)(H,80,94)(H,81,95)(H,82,111)(H,83,101)(H,84,104)(H,85,105)(H,86,108)(H,87,102)(H,88,103)(H,89,106)(H,90,110)(H,91,109)(H,92,107)(H,97,98)(H,99,100)(H,112,113)(H4,77,78,79)/t39-,40+,45-,46-,47-,48-,49-,50-,51-,52-,53-,57-,58-/m0/s1. The largest absolute Gasteiger partial charge is 0.481 e. The topological polar surface area (TPSA) is 696 Å². The number of aliphatic hydroxyl groups is 1. The Morgan fingerprint density at radius 2 is 0.791 bits per heavy atom. The normalized spacial score (nSPS) is 14.5. The maximum Gasteiger partial charge on any atom is 0.327 e. The molecule has 0 radical (unpaired) electrons. The van der Waals surface area contributed by atoms with E-state index in [0.29, 0.717) is 11.1 Å². The number of benzene rings is 2. The highest BCUT2D eigenvalue weighted by molar-refractivity contribution is 8.00. The summed E-state index contributed by atoms with van der Waals surface area (Å²) < 4.78 is -0.969. The molecule has 115 heavy (non-hydrogen) atoms. The monoisotopic (exact) mass is 1660 g/mol. The van der Waals surface area contributed by atoms with E-state index in [1.807, 2.05) is 0 Å². The van der Waals surface area contributed by atoms with Gasteiger partial charge in [-0.25, -0.2) is 4.79 Å². The number of carbonyl (C=O) groups is 17. The number of nitrogens with zero attached hydrogens (tertiary/aromatic N) is 1. The van der Waals surface area contributed by atoms with Crippen molar-refractivity contribution in [2.24, 2.45) is 39.4 Å². The SMILES string of the molecule is CC(=O)NCSC[C@H](NC(=O)[C@H](Cc1ccccc1)NC(=O)[C@@H](NC(=O)[C@H](CCC(=O)O)NC(=O)[C@H](CCCCN)NC(=O)[C@H](CCC(=O)O)NC(=O)[C@H](CCCCN)NC(=O)[C@H](CCCN=C(N)N)NC(=O)[C@H](Cc1ccccc1)NC(=O)[C@H](CCC(N)=O)NC(=O)[C@H](C)NC(=O)[C@H](N)C(C)(C)SCNC(C)=O)[C@@H](C)O)C(=O)O. The van der Waals surface area contributed by atoms with Gasteiger partial charge in [-0.05, 0) is 123 Å². The quantitative estimate of drug-likeness (QED) is 0.0127. The Labute approximate surface area is 674 Å². The number of carboxylic acid groups (broad SMARTS) is 3. The predicted molar refractivity (Wildman–Crippen MR) is 424 cm³/mol. The number of aliphatic imine (C=N–C) groups is 1. The minimum atomic E-state index is -1.96. The van der Waals surface area contributed by atoms with Crippen molar-refractivity contribution in [2.75, 3.05) is 37.1 Å². The molecule has 43 heteroatoms. The van der Waals surface area contributed by atoms with Crippen LogP contribution in [0.15, 0.2) is 65.7 Å². The smallest absolute Gasteiger partial charge is 0.327 e. The lowest BCUT2D eigenvalue weighted by Crippen LogP contribution is -2.62. The summed E-state index contributed by atoms with van der Waals surface area (Å²) in [4.78, 5) is 233. The van der Waals surface area contributed by atoms with Gasteiger partial charge < -0.3 is 124 Å². The number of aliphatic carboxylic acids is 3. The number of guanidine groups is 1. The van der Waals surface area contributed by atoms with Gasteiger partial charge in [-0.15, -0.1) is 23.5 Å². The summed E-state index contributed by atoms with van der Waals surface area (Å²) in [5.74, 6) is -18.2. The van der Waals surface area contributed by atoms with Gasteiger partial charge >= 0.3 is 17.9 Å². The summed E-state index contributed by atoms with van der Waals surface area (Å²) >= 11 is 2.12. The van der Waals surface area contributed by atoms with Crippen LogP contribution in [0.3, 0.4) is 0 Å². The van der Waals surface area contributed by atoms with Crippen molar-refractivity contribution in [1.82, 2.24) is 69.1 Å². The average Bonchev–Trinajstić information content (AvgIpc) is 0.856. The van der Waals surface area contributed by atoms with Gasteiger partial charge in [0.25, 0.3) is 0 Å². The van der Waals surface area contributed by atoms with Crippen LogP contribution >= 0.6 is 23.5 Å². The molecular weight excluding hydrogens is 1550 g/mol. The molecule has 41 nitrogen and oxygen atoms in total. The molecule has 0 heterocycles. The van der Waals surface area contributed by atoms with Gasteiger partial charge in [0.05, 0.1) is 23.9 Å². The molecule has 29 N–H and O–H groups in total. The van der Waals surface area contributed by atoms with Crippen molar-refractivity contribution >= 4 is 130 Å².